The Balaban J connectivity index is 1.84. The van der Waals surface area contributed by atoms with E-state index >= 15 is 0 Å². The van der Waals surface area contributed by atoms with Crippen molar-refractivity contribution in [3.05, 3.63) is 51.5 Å². The van der Waals surface area contributed by atoms with Gasteiger partial charge >= 0.3 is 5.97 Å². The van der Waals surface area contributed by atoms with Crippen molar-refractivity contribution in [2.75, 3.05) is 0 Å². The Kier molecular flexibility index (Phi) is 5.73. The summed E-state index contributed by atoms with van der Waals surface area (Å²) < 4.78 is 0. The van der Waals surface area contributed by atoms with Crippen LogP contribution in [0.1, 0.15) is 59.9 Å². The van der Waals surface area contributed by atoms with Gasteiger partial charge in [-0.2, -0.15) is 0 Å². The van der Waals surface area contributed by atoms with Crippen molar-refractivity contribution in [1.82, 2.24) is 4.98 Å². The second-order valence-electron chi connectivity index (χ2n) is 8.44. The number of fused-ring (bicyclic) bond motifs is 3. The summed E-state index contributed by atoms with van der Waals surface area (Å²) in [4.78, 5) is 18.9. The van der Waals surface area contributed by atoms with Crippen LogP contribution in [0.2, 0.25) is 0 Å². The van der Waals surface area contributed by atoms with Crippen molar-refractivity contribution in [3.8, 4) is 11.1 Å². The van der Waals surface area contributed by atoms with E-state index in [9.17, 15) is 9.90 Å². The number of thiophene rings is 1. The summed E-state index contributed by atoms with van der Waals surface area (Å²) in [5.41, 5.74) is 7.77. The number of hydrogen-bond acceptors (Lipinski definition) is 3. The van der Waals surface area contributed by atoms with Gasteiger partial charge in [-0.25, -0.2) is 4.98 Å². The van der Waals surface area contributed by atoms with Gasteiger partial charge in [0.25, 0.3) is 0 Å². The van der Waals surface area contributed by atoms with Crippen LogP contribution in [-0.4, -0.2) is 16.1 Å². The van der Waals surface area contributed by atoms with E-state index < -0.39 is 5.97 Å². The number of carboxylic acids is 1. The molecule has 0 saturated carbocycles. The number of hydrogen-bond donors (Lipinski definition) is 1. The summed E-state index contributed by atoms with van der Waals surface area (Å²) in [6.07, 6.45) is 7.29. The first-order chi connectivity index (χ1) is 14.0. The van der Waals surface area contributed by atoms with Crippen LogP contribution in [0.5, 0.6) is 0 Å². The first-order valence-corrected chi connectivity index (χ1v) is 11.5. The van der Waals surface area contributed by atoms with Crippen LogP contribution >= 0.6 is 11.3 Å². The van der Waals surface area contributed by atoms with Gasteiger partial charge in [0.2, 0.25) is 0 Å². The average Bonchev–Trinajstić information content (AvgIpc) is 3.06. The molecule has 2 heterocycles. The van der Waals surface area contributed by atoms with Crippen molar-refractivity contribution in [3.63, 3.8) is 0 Å². The molecule has 1 aliphatic rings. The lowest BCUT2D eigenvalue weighted by Gasteiger charge is -2.17. The Bertz CT molecular complexity index is 1050. The van der Waals surface area contributed by atoms with Gasteiger partial charge in [-0.1, -0.05) is 36.8 Å². The molecule has 3 aromatic rings. The van der Waals surface area contributed by atoms with Gasteiger partial charge in [0.15, 0.2) is 0 Å². The molecule has 0 spiro atoms. The second kappa shape index (κ2) is 8.27. The Labute approximate surface area is 176 Å². The molecule has 0 fully saturated rings. The molecular formula is C25H29NO2S. The van der Waals surface area contributed by atoms with Crippen molar-refractivity contribution in [2.45, 2.75) is 65.7 Å². The predicted octanol–water partition coefficient (Wildman–Crippen LogP) is 6.50. The van der Waals surface area contributed by atoms with Crippen molar-refractivity contribution >= 4 is 27.5 Å². The van der Waals surface area contributed by atoms with Crippen LogP contribution in [0, 0.1) is 19.8 Å². The quantitative estimate of drug-likeness (QED) is 0.507. The number of nitrogens with zero attached hydrogens (tertiary/aromatic N) is 1. The molecule has 3 nitrogen and oxygen atoms in total. The third kappa shape index (κ3) is 3.95. The number of aromatic nitrogens is 1. The Morgan fingerprint density at radius 2 is 1.90 bits per heavy atom. The number of rotatable bonds is 6. The summed E-state index contributed by atoms with van der Waals surface area (Å²) in [5, 5.41) is 10.6. The molecule has 0 amide bonds. The topological polar surface area (TPSA) is 50.2 Å². The van der Waals surface area contributed by atoms with E-state index in [4.69, 9.17) is 4.98 Å². The fourth-order valence-electron chi connectivity index (χ4n) is 4.49. The molecule has 1 aliphatic carbocycles. The van der Waals surface area contributed by atoms with E-state index in [2.05, 4.69) is 38.1 Å². The summed E-state index contributed by atoms with van der Waals surface area (Å²) in [6, 6.07) is 8.84. The van der Waals surface area contributed by atoms with Crippen LogP contribution in [0.4, 0.5) is 0 Å². The molecule has 2 aromatic heterocycles. The highest BCUT2D eigenvalue weighted by Gasteiger charge is 2.23. The minimum atomic E-state index is -0.707. The molecule has 4 heteroatoms. The molecule has 1 unspecified atom stereocenters. The zero-order valence-corrected chi connectivity index (χ0v) is 18.4. The maximum atomic E-state index is 11.2. The average molecular weight is 408 g/mol. The van der Waals surface area contributed by atoms with E-state index in [1.54, 1.807) is 6.92 Å². The maximum absolute atomic E-state index is 11.2. The summed E-state index contributed by atoms with van der Waals surface area (Å²) >= 11 is 1.88. The minimum absolute atomic E-state index is 0.302. The fourth-order valence-corrected chi connectivity index (χ4v) is 5.81. The van der Waals surface area contributed by atoms with Gasteiger partial charge in [-0.15, -0.1) is 11.3 Å². The largest absolute Gasteiger partial charge is 0.481 e. The molecule has 0 radical (unpaired) electrons. The summed E-state index contributed by atoms with van der Waals surface area (Å²) in [5.74, 6) is -1.01. The fraction of sp³-hybridized carbons (Fsp3) is 0.440. The van der Waals surface area contributed by atoms with Crippen molar-refractivity contribution < 1.29 is 9.90 Å². The van der Waals surface area contributed by atoms with Gasteiger partial charge in [-0.3, -0.25) is 4.79 Å². The van der Waals surface area contributed by atoms with Gasteiger partial charge in [-0.05, 0) is 81.0 Å². The van der Waals surface area contributed by atoms with Crippen LogP contribution in [0.3, 0.4) is 0 Å². The van der Waals surface area contributed by atoms with Gasteiger partial charge < -0.3 is 5.11 Å². The first kappa shape index (κ1) is 20.1. The molecule has 1 aromatic carbocycles. The van der Waals surface area contributed by atoms with Gasteiger partial charge in [0, 0.05) is 16.0 Å². The van der Waals surface area contributed by atoms with E-state index in [0.29, 0.717) is 6.42 Å². The van der Waals surface area contributed by atoms with Crippen molar-refractivity contribution in [1.29, 1.82) is 0 Å². The molecule has 1 atom stereocenters. The monoisotopic (exact) mass is 407 g/mol. The molecular weight excluding hydrogens is 378 g/mol. The van der Waals surface area contributed by atoms with Crippen LogP contribution < -0.4 is 0 Å². The minimum Gasteiger partial charge on any atom is -0.481 e. The van der Waals surface area contributed by atoms with E-state index in [0.717, 1.165) is 25.0 Å². The molecule has 4 rings (SSSR count). The third-order valence-corrected chi connectivity index (χ3v) is 7.42. The lowest BCUT2D eigenvalue weighted by atomic mass is 9.87. The van der Waals surface area contributed by atoms with Crippen LogP contribution in [-0.2, 0) is 24.1 Å². The summed E-state index contributed by atoms with van der Waals surface area (Å²) in [6.45, 7) is 6.04. The zero-order chi connectivity index (χ0) is 20.5. The normalized spacial score (nSPS) is 14.7. The van der Waals surface area contributed by atoms with Crippen molar-refractivity contribution in [2.24, 2.45) is 5.92 Å². The lowest BCUT2D eigenvalue weighted by molar-refractivity contribution is -0.141. The highest BCUT2D eigenvalue weighted by atomic mass is 32.1. The lowest BCUT2D eigenvalue weighted by Crippen LogP contribution is -2.10. The summed E-state index contributed by atoms with van der Waals surface area (Å²) in [7, 11) is 0. The standard InChI is InChI=1S/C25H29NO2S/c1-15-11-13-18(14-12-15)22-19(9-6-7-16(2)25(27)28)17(3)26-24-23(22)20-8-4-5-10-21(20)29-24/h11-14,16H,4-10H2,1-3H3,(H,27,28). The Morgan fingerprint density at radius 1 is 1.17 bits per heavy atom. The third-order valence-electron chi connectivity index (χ3n) is 6.24. The van der Waals surface area contributed by atoms with Crippen LogP contribution in [0.15, 0.2) is 24.3 Å². The number of carbonyl (C=O) groups is 1. The van der Waals surface area contributed by atoms with Crippen LogP contribution in [0.25, 0.3) is 21.3 Å². The van der Waals surface area contributed by atoms with E-state index in [-0.39, 0.29) is 5.92 Å². The number of pyridine rings is 1. The smallest absolute Gasteiger partial charge is 0.306 e. The number of carboxylic acid groups (broad SMARTS) is 1. The maximum Gasteiger partial charge on any atom is 0.306 e. The molecule has 1 N–H and O–H groups in total. The predicted molar refractivity (Wildman–Crippen MR) is 121 cm³/mol. The highest BCUT2D eigenvalue weighted by molar-refractivity contribution is 7.19. The van der Waals surface area contributed by atoms with Gasteiger partial charge in [0.1, 0.15) is 4.83 Å². The Hall–Kier alpha value is -2.20. The number of aliphatic carboxylic acids is 1. The Morgan fingerprint density at radius 3 is 2.62 bits per heavy atom. The highest BCUT2D eigenvalue weighted by Crippen LogP contribution is 2.43. The van der Waals surface area contributed by atoms with Gasteiger partial charge in [0.05, 0.1) is 5.92 Å². The molecule has 152 valence electrons. The van der Waals surface area contributed by atoms with E-state index in [1.165, 1.54) is 62.2 Å². The first-order valence-electron chi connectivity index (χ1n) is 10.7. The number of benzene rings is 1. The second-order valence-corrected chi connectivity index (χ2v) is 9.52. The van der Waals surface area contributed by atoms with E-state index in [1.807, 2.05) is 11.3 Å². The SMILES string of the molecule is Cc1ccc(-c2c(CCCC(C)C(=O)O)c(C)nc3sc4c(c23)CCCC4)cc1. The molecule has 0 bridgehead atoms. The molecule has 0 aliphatic heterocycles. The zero-order valence-electron chi connectivity index (χ0n) is 17.5. The number of aryl methyl sites for hydroxylation is 4. The molecule has 0 saturated heterocycles. The molecule has 29 heavy (non-hydrogen) atoms.